The minimum atomic E-state index is -0.486. The van der Waals surface area contributed by atoms with Gasteiger partial charge in [0.05, 0.1) is 16.3 Å². The van der Waals surface area contributed by atoms with E-state index in [2.05, 4.69) is 10.3 Å². The number of thiophene rings is 1. The minimum absolute atomic E-state index is 0.0214. The molecular weight excluding hydrogens is 526 g/mol. The van der Waals surface area contributed by atoms with Crippen molar-refractivity contribution in [2.24, 2.45) is 10.3 Å². The van der Waals surface area contributed by atoms with Gasteiger partial charge in [0.1, 0.15) is 0 Å². The van der Waals surface area contributed by atoms with Gasteiger partial charge in [-0.15, -0.1) is 11.3 Å². The third-order valence-electron chi connectivity index (χ3n) is 5.84. The number of anilines is 3. The van der Waals surface area contributed by atoms with E-state index in [1.54, 1.807) is 13.8 Å². The van der Waals surface area contributed by atoms with Crippen LogP contribution in [-0.2, 0) is 19.3 Å². The van der Waals surface area contributed by atoms with E-state index in [-0.39, 0.29) is 5.78 Å². The predicted molar refractivity (Wildman–Crippen MR) is 157 cm³/mol. The number of carbonyl (C=O) groups is 3. The Bertz CT molecular complexity index is 1480. The minimum Gasteiger partial charge on any atom is -0.318 e. The van der Waals surface area contributed by atoms with Gasteiger partial charge in [-0.05, 0) is 85.0 Å². The molecule has 0 saturated heterocycles. The summed E-state index contributed by atoms with van der Waals surface area (Å²) in [6, 6.07) is 26.4. The molecule has 4 aromatic rings. The molecule has 0 atom stereocenters. The van der Waals surface area contributed by atoms with Crippen LogP contribution in [0.2, 0.25) is 0 Å². The molecule has 0 bridgehead atoms. The Kier molecular flexibility index (Phi) is 8.98. The van der Waals surface area contributed by atoms with Crippen molar-refractivity contribution in [1.82, 2.24) is 0 Å². The molecule has 0 N–H and O–H groups in total. The summed E-state index contributed by atoms with van der Waals surface area (Å²) in [4.78, 5) is 47.3. The van der Waals surface area contributed by atoms with Crippen LogP contribution in [0.5, 0.6) is 0 Å². The second-order valence-electron chi connectivity index (χ2n) is 8.80. The Morgan fingerprint density at radius 2 is 1.00 bits per heavy atom. The van der Waals surface area contributed by atoms with Crippen LogP contribution in [0.1, 0.15) is 54.1 Å². The van der Waals surface area contributed by atoms with Crippen molar-refractivity contribution in [1.29, 1.82) is 0 Å². The predicted octanol–water partition coefficient (Wildman–Crippen LogP) is 7.02. The van der Waals surface area contributed by atoms with Crippen LogP contribution in [0.15, 0.2) is 101 Å². The molecule has 0 spiro atoms. The van der Waals surface area contributed by atoms with Gasteiger partial charge in [0, 0.05) is 36.5 Å². The smallest absolute Gasteiger partial charge is 0.318 e. The lowest BCUT2D eigenvalue weighted by molar-refractivity contribution is -0.141. The van der Waals surface area contributed by atoms with Gasteiger partial charge < -0.3 is 14.6 Å². The molecule has 0 aliphatic carbocycles. The number of ketones is 1. The Morgan fingerprint density at radius 1 is 0.600 bits per heavy atom. The molecule has 4 rings (SSSR count). The zero-order valence-corrected chi connectivity index (χ0v) is 23.3. The van der Waals surface area contributed by atoms with Crippen LogP contribution in [0, 0.1) is 0 Å². The van der Waals surface area contributed by atoms with Crippen molar-refractivity contribution in [3.05, 3.63) is 112 Å². The monoisotopic (exact) mass is 553 g/mol. The maximum atomic E-state index is 12.8. The van der Waals surface area contributed by atoms with Crippen LogP contribution < -0.4 is 4.90 Å². The molecule has 40 heavy (non-hydrogen) atoms. The summed E-state index contributed by atoms with van der Waals surface area (Å²) in [5.41, 5.74) is 5.90. The maximum Gasteiger partial charge on any atom is 0.331 e. The Balaban J connectivity index is 1.69. The molecule has 1 aromatic heterocycles. The van der Waals surface area contributed by atoms with Gasteiger partial charge in [-0.25, -0.2) is 9.59 Å². The summed E-state index contributed by atoms with van der Waals surface area (Å²) in [5, 5.41) is 9.61. The summed E-state index contributed by atoms with van der Waals surface area (Å²) in [5.74, 6) is -0.994. The fraction of sp³-hybridized carbons (Fsp3) is 0.129. The SMILES string of the molecule is CC(=O)ON=C(C)c1ccc(N(c2ccc(C(=O)c3cccs3)cc2)c2ccc(/C(C)=N\OC(C)=O)cc2)cc1. The van der Waals surface area contributed by atoms with Crippen molar-refractivity contribution in [2.45, 2.75) is 27.7 Å². The summed E-state index contributed by atoms with van der Waals surface area (Å²) in [7, 11) is 0. The Hall–Kier alpha value is -4.89. The lowest BCUT2D eigenvalue weighted by Gasteiger charge is -2.26. The van der Waals surface area contributed by atoms with Crippen molar-refractivity contribution >= 4 is 57.5 Å². The zero-order valence-electron chi connectivity index (χ0n) is 22.5. The first kappa shape index (κ1) is 28.1. The quantitative estimate of drug-likeness (QED) is 0.0956. The molecular formula is C31H27N3O5S. The van der Waals surface area contributed by atoms with Gasteiger partial charge in [0.2, 0.25) is 5.78 Å². The number of hydrogen-bond acceptors (Lipinski definition) is 9. The van der Waals surface area contributed by atoms with E-state index >= 15 is 0 Å². The first-order valence-corrected chi connectivity index (χ1v) is 13.2. The van der Waals surface area contributed by atoms with Crippen LogP contribution in [0.4, 0.5) is 17.1 Å². The molecule has 0 radical (unpaired) electrons. The van der Waals surface area contributed by atoms with Crippen LogP contribution in [0.25, 0.3) is 0 Å². The highest BCUT2D eigenvalue weighted by Gasteiger charge is 2.16. The van der Waals surface area contributed by atoms with E-state index in [0.717, 1.165) is 28.2 Å². The molecule has 0 unspecified atom stereocenters. The highest BCUT2D eigenvalue weighted by Crippen LogP contribution is 2.35. The lowest BCUT2D eigenvalue weighted by atomic mass is 10.1. The third-order valence-corrected chi connectivity index (χ3v) is 6.71. The van der Waals surface area contributed by atoms with Crippen LogP contribution >= 0.6 is 11.3 Å². The number of oxime groups is 2. The molecule has 0 amide bonds. The average molecular weight is 554 g/mol. The topological polar surface area (TPSA) is 97.6 Å². The third kappa shape index (κ3) is 6.95. The average Bonchev–Trinajstić information content (AvgIpc) is 3.51. The number of carbonyl (C=O) groups excluding carboxylic acids is 3. The summed E-state index contributed by atoms with van der Waals surface area (Å²) in [6.07, 6.45) is 0. The molecule has 8 nitrogen and oxygen atoms in total. The Morgan fingerprint density at radius 3 is 1.35 bits per heavy atom. The molecule has 3 aromatic carbocycles. The molecule has 9 heteroatoms. The second-order valence-corrected chi connectivity index (χ2v) is 9.75. The zero-order chi connectivity index (χ0) is 28.6. The maximum absolute atomic E-state index is 12.8. The molecule has 0 aliphatic rings. The van der Waals surface area contributed by atoms with Crippen molar-refractivity contribution in [2.75, 3.05) is 4.90 Å². The number of rotatable bonds is 9. The van der Waals surface area contributed by atoms with Gasteiger partial charge in [-0.1, -0.05) is 40.6 Å². The summed E-state index contributed by atoms with van der Waals surface area (Å²) >= 11 is 1.41. The van der Waals surface area contributed by atoms with Crippen LogP contribution in [0.3, 0.4) is 0 Å². The van der Waals surface area contributed by atoms with Gasteiger partial charge in [0.25, 0.3) is 0 Å². The molecule has 0 fully saturated rings. The normalized spacial score (nSPS) is 11.6. The second kappa shape index (κ2) is 12.8. The van der Waals surface area contributed by atoms with E-state index < -0.39 is 11.9 Å². The fourth-order valence-electron chi connectivity index (χ4n) is 3.83. The van der Waals surface area contributed by atoms with E-state index in [1.807, 2.05) is 95.2 Å². The van der Waals surface area contributed by atoms with Crippen molar-refractivity contribution in [3.8, 4) is 0 Å². The number of benzene rings is 3. The van der Waals surface area contributed by atoms with Crippen LogP contribution in [-0.4, -0.2) is 29.1 Å². The molecule has 0 saturated carbocycles. The summed E-state index contributed by atoms with van der Waals surface area (Å²) in [6.45, 7) is 6.12. The largest absolute Gasteiger partial charge is 0.331 e. The highest BCUT2D eigenvalue weighted by atomic mass is 32.1. The van der Waals surface area contributed by atoms with Crippen molar-refractivity contribution in [3.63, 3.8) is 0 Å². The highest BCUT2D eigenvalue weighted by molar-refractivity contribution is 7.12. The lowest BCUT2D eigenvalue weighted by Crippen LogP contribution is -2.11. The van der Waals surface area contributed by atoms with E-state index in [0.29, 0.717) is 21.9 Å². The van der Waals surface area contributed by atoms with E-state index in [1.165, 1.54) is 25.2 Å². The first-order valence-electron chi connectivity index (χ1n) is 12.4. The Labute approximate surface area is 236 Å². The van der Waals surface area contributed by atoms with Gasteiger partial charge in [-0.3, -0.25) is 4.79 Å². The standard InChI is InChI=1S/C31H27N3O5S/c1-20(32-38-22(3)35)24-7-13-27(14-8-24)34(28-15-9-25(10-16-28)21(2)33-39-23(4)36)29-17-11-26(12-18-29)31(37)30-6-5-19-40-30/h5-19H,1-4H3/b32-20-,33-21?. The number of hydrogen-bond donors (Lipinski definition) is 0. The van der Waals surface area contributed by atoms with Crippen molar-refractivity contribution < 1.29 is 24.1 Å². The fourth-order valence-corrected chi connectivity index (χ4v) is 4.52. The molecule has 1 heterocycles. The number of nitrogens with zero attached hydrogens (tertiary/aromatic N) is 3. The van der Waals surface area contributed by atoms with Gasteiger partial charge in [-0.2, -0.15) is 0 Å². The van der Waals surface area contributed by atoms with E-state index in [4.69, 9.17) is 9.68 Å². The van der Waals surface area contributed by atoms with E-state index in [9.17, 15) is 14.4 Å². The molecule has 0 aliphatic heterocycles. The summed E-state index contributed by atoms with van der Waals surface area (Å²) < 4.78 is 0. The van der Waals surface area contributed by atoms with Gasteiger partial charge >= 0.3 is 11.9 Å². The van der Waals surface area contributed by atoms with Gasteiger partial charge in [0.15, 0.2) is 0 Å². The first-order chi connectivity index (χ1) is 19.2. The molecule has 202 valence electrons.